The van der Waals surface area contributed by atoms with Crippen molar-refractivity contribution in [1.29, 1.82) is 0 Å². The molecule has 0 bridgehead atoms. The summed E-state index contributed by atoms with van der Waals surface area (Å²) in [6.45, 7) is 2.00. The fraction of sp³-hybridized carbons (Fsp3) is 0.143. The van der Waals surface area contributed by atoms with Crippen LogP contribution in [0.15, 0.2) is 46.9 Å². The van der Waals surface area contributed by atoms with Crippen LogP contribution in [0.25, 0.3) is 0 Å². The largest absolute Gasteiger partial charge is 0.377 e. The van der Waals surface area contributed by atoms with Crippen molar-refractivity contribution in [2.24, 2.45) is 0 Å². The summed E-state index contributed by atoms with van der Waals surface area (Å²) in [6.07, 6.45) is 0. The van der Waals surface area contributed by atoms with Crippen LogP contribution in [0.5, 0.6) is 0 Å². The van der Waals surface area contributed by atoms with E-state index in [1.54, 1.807) is 12.1 Å². The van der Waals surface area contributed by atoms with Crippen LogP contribution in [-0.4, -0.2) is 0 Å². The minimum absolute atomic E-state index is 0.0433. The molecule has 0 spiro atoms. The van der Waals surface area contributed by atoms with Gasteiger partial charge in [0.2, 0.25) is 0 Å². The molecule has 2 aromatic rings. The van der Waals surface area contributed by atoms with Gasteiger partial charge < -0.3 is 5.32 Å². The van der Waals surface area contributed by atoms with E-state index in [4.69, 9.17) is 11.6 Å². The average molecular weight is 329 g/mol. The van der Waals surface area contributed by atoms with E-state index >= 15 is 0 Å². The molecule has 0 aliphatic heterocycles. The van der Waals surface area contributed by atoms with Crippen LogP contribution in [0.4, 0.5) is 10.1 Å². The molecule has 0 radical (unpaired) electrons. The van der Waals surface area contributed by atoms with E-state index in [9.17, 15) is 4.39 Å². The maximum absolute atomic E-state index is 13.2. The van der Waals surface area contributed by atoms with Gasteiger partial charge in [0.15, 0.2) is 0 Å². The van der Waals surface area contributed by atoms with Crippen molar-refractivity contribution >= 4 is 33.2 Å². The fourth-order valence-corrected chi connectivity index (χ4v) is 2.26. The predicted molar refractivity (Wildman–Crippen MR) is 77.6 cm³/mol. The van der Waals surface area contributed by atoms with E-state index in [1.165, 1.54) is 6.07 Å². The smallest absolute Gasteiger partial charge is 0.137 e. The second kappa shape index (κ2) is 5.72. The Kier molecular flexibility index (Phi) is 4.25. The number of halogens is 3. The third-order valence-electron chi connectivity index (χ3n) is 2.69. The van der Waals surface area contributed by atoms with Crippen LogP contribution >= 0.6 is 27.5 Å². The number of nitrogens with one attached hydrogen (secondary N) is 1. The second-order valence-electron chi connectivity index (χ2n) is 4.02. The number of anilines is 1. The van der Waals surface area contributed by atoms with Gasteiger partial charge in [0.25, 0.3) is 0 Å². The first-order chi connectivity index (χ1) is 8.58. The lowest BCUT2D eigenvalue weighted by Crippen LogP contribution is -2.07. The first-order valence-electron chi connectivity index (χ1n) is 5.54. The number of rotatable bonds is 3. The maximum atomic E-state index is 13.2. The molecule has 0 fully saturated rings. The number of hydrogen-bond donors (Lipinski definition) is 1. The van der Waals surface area contributed by atoms with Crippen LogP contribution in [0.3, 0.4) is 0 Å². The van der Waals surface area contributed by atoms with Gasteiger partial charge in [0.1, 0.15) is 5.82 Å². The third kappa shape index (κ3) is 3.03. The molecule has 1 atom stereocenters. The van der Waals surface area contributed by atoms with Gasteiger partial charge in [-0.1, -0.05) is 29.8 Å². The highest BCUT2D eigenvalue weighted by Crippen LogP contribution is 2.27. The van der Waals surface area contributed by atoms with Crippen molar-refractivity contribution in [2.45, 2.75) is 13.0 Å². The summed E-state index contributed by atoms with van der Waals surface area (Å²) in [6, 6.07) is 12.6. The molecular formula is C14H12BrClFN. The minimum atomic E-state index is -0.260. The minimum Gasteiger partial charge on any atom is -0.377 e. The first kappa shape index (κ1) is 13.4. The average Bonchev–Trinajstić information content (AvgIpc) is 2.35. The Balaban J connectivity index is 2.19. The van der Waals surface area contributed by atoms with Crippen molar-refractivity contribution in [3.8, 4) is 0 Å². The normalized spacial score (nSPS) is 12.2. The van der Waals surface area contributed by atoms with Gasteiger partial charge in [-0.15, -0.1) is 0 Å². The summed E-state index contributed by atoms with van der Waals surface area (Å²) in [7, 11) is 0. The van der Waals surface area contributed by atoms with Crippen LogP contribution in [0.2, 0.25) is 5.02 Å². The van der Waals surface area contributed by atoms with Crippen molar-refractivity contribution in [2.75, 3.05) is 5.32 Å². The van der Waals surface area contributed by atoms with Gasteiger partial charge >= 0.3 is 0 Å². The molecule has 1 N–H and O–H groups in total. The Morgan fingerprint density at radius 1 is 1.22 bits per heavy atom. The van der Waals surface area contributed by atoms with Gasteiger partial charge in [-0.2, -0.15) is 0 Å². The van der Waals surface area contributed by atoms with Gasteiger partial charge in [-0.25, -0.2) is 4.39 Å². The number of benzene rings is 2. The molecule has 94 valence electrons. The van der Waals surface area contributed by atoms with Gasteiger partial charge in [-0.3, -0.25) is 0 Å². The molecule has 1 nitrogen and oxygen atoms in total. The molecular weight excluding hydrogens is 317 g/mol. The first-order valence-corrected chi connectivity index (χ1v) is 6.71. The van der Waals surface area contributed by atoms with Crippen molar-refractivity contribution in [1.82, 2.24) is 0 Å². The van der Waals surface area contributed by atoms with Gasteiger partial charge in [0.05, 0.1) is 15.2 Å². The standard InChI is InChI=1S/C14H12BrClFN/c1-9(10-6-7-13(17)11(15)8-10)18-14-5-3-2-4-12(14)16/h2-9,18H,1H3. The highest BCUT2D eigenvalue weighted by molar-refractivity contribution is 9.10. The Bertz CT molecular complexity index is 559. The molecule has 1 unspecified atom stereocenters. The quantitative estimate of drug-likeness (QED) is 0.794. The Morgan fingerprint density at radius 2 is 1.94 bits per heavy atom. The van der Waals surface area contributed by atoms with E-state index in [1.807, 2.05) is 31.2 Å². The van der Waals surface area contributed by atoms with Gasteiger partial charge in [0, 0.05) is 6.04 Å². The highest BCUT2D eigenvalue weighted by atomic mass is 79.9. The van der Waals surface area contributed by atoms with E-state index < -0.39 is 0 Å². The molecule has 0 aliphatic rings. The van der Waals surface area contributed by atoms with Crippen molar-refractivity contribution in [3.63, 3.8) is 0 Å². The molecule has 0 saturated carbocycles. The van der Waals surface area contributed by atoms with Crippen LogP contribution < -0.4 is 5.32 Å². The zero-order chi connectivity index (χ0) is 13.1. The Hall–Kier alpha value is -1.06. The zero-order valence-corrected chi connectivity index (χ0v) is 12.1. The van der Waals surface area contributed by atoms with Crippen LogP contribution in [0, 0.1) is 5.82 Å². The van der Waals surface area contributed by atoms with E-state index in [0.717, 1.165) is 11.3 Å². The highest BCUT2D eigenvalue weighted by Gasteiger charge is 2.09. The van der Waals surface area contributed by atoms with E-state index in [2.05, 4.69) is 21.2 Å². The monoisotopic (exact) mass is 327 g/mol. The third-order valence-corrected chi connectivity index (χ3v) is 3.63. The molecule has 4 heteroatoms. The molecule has 2 rings (SSSR count). The summed E-state index contributed by atoms with van der Waals surface area (Å²) in [5.41, 5.74) is 1.86. The molecule has 2 aromatic carbocycles. The SMILES string of the molecule is CC(Nc1ccccc1Cl)c1ccc(F)c(Br)c1. The molecule has 0 saturated heterocycles. The topological polar surface area (TPSA) is 12.0 Å². The van der Waals surface area contributed by atoms with Gasteiger partial charge in [-0.05, 0) is 52.7 Å². The number of hydrogen-bond acceptors (Lipinski definition) is 1. The second-order valence-corrected chi connectivity index (χ2v) is 5.28. The molecule has 0 aliphatic carbocycles. The van der Waals surface area contributed by atoms with E-state index in [-0.39, 0.29) is 11.9 Å². The lowest BCUT2D eigenvalue weighted by molar-refractivity contribution is 0.619. The zero-order valence-electron chi connectivity index (χ0n) is 9.75. The summed E-state index contributed by atoms with van der Waals surface area (Å²) in [5, 5.41) is 3.97. The van der Waals surface area contributed by atoms with Crippen LogP contribution in [-0.2, 0) is 0 Å². The van der Waals surface area contributed by atoms with Crippen LogP contribution in [0.1, 0.15) is 18.5 Å². The molecule has 0 aromatic heterocycles. The predicted octanol–water partition coefficient (Wildman–Crippen LogP) is 5.41. The van der Waals surface area contributed by atoms with Crippen molar-refractivity contribution in [3.05, 3.63) is 63.3 Å². The molecule has 0 amide bonds. The maximum Gasteiger partial charge on any atom is 0.137 e. The summed E-state index contributed by atoms with van der Waals surface area (Å²) < 4.78 is 13.6. The molecule has 0 heterocycles. The van der Waals surface area contributed by atoms with Crippen molar-refractivity contribution < 1.29 is 4.39 Å². The lowest BCUT2D eigenvalue weighted by Gasteiger charge is -2.17. The Morgan fingerprint density at radius 3 is 2.61 bits per heavy atom. The summed E-state index contributed by atoms with van der Waals surface area (Å²) in [4.78, 5) is 0. The fourth-order valence-electron chi connectivity index (χ4n) is 1.68. The lowest BCUT2D eigenvalue weighted by atomic mass is 10.1. The van der Waals surface area contributed by atoms with E-state index in [0.29, 0.717) is 9.50 Å². The summed E-state index contributed by atoms with van der Waals surface area (Å²) >= 11 is 9.27. The number of para-hydroxylation sites is 1. The Labute approximate surface area is 119 Å². The molecule has 18 heavy (non-hydrogen) atoms. The summed E-state index contributed by atoms with van der Waals surface area (Å²) in [5.74, 6) is -0.260.